The van der Waals surface area contributed by atoms with E-state index >= 15 is 0 Å². The summed E-state index contributed by atoms with van der Waals surface area (Å²) in [6, 6.07) is 21.7. The van der Waals surface area contributed by atoms with Crippen LogP contribution in [0.1, 0.15) is 56.3 Å². The van der Waals surface area contributed by atoms with Crippen LogP contribution in [0, 0.1) is 13.8 Å². The van der Waals surface area contributed by atoms with Gasteiger partial charge in [-0.05, 0) is 67.4 Å². The summed E-state index contributed by atoms with van der Waals surface area (Å²) in [4.78, 5) is 31.9. The maximum Gasteiger partial charge on any atom is 0.289 e. The predicted molar refractivity (Wildman–Crippen MR) is 163 cm³/mol. The van der Waals surface area contributed by atoms with Gasteiger partial charge in [-0.2, -0.15) is 5.10 Å². The molecule has 0 aliphatic carbocycles. The number of carbonyl (C=O) groups excluding carboxylic acids is 2. The molecule has 0 spiro atoms. The number of likely N-dealkylation sites (tertiary alicyclic amines) is 1. The molecule has 2 saturated heterocycles. The van der Waals surface area contributed by atoms with Gasteiger partial charge >= 0.3 is 0 Å². The van der Waals surface area contributed by atoms with Crippen molar-refractivity contribution in [3.8, 4) is 5.75 Å². The molecule has 43 heavy (non-hydrogen) atoms. The van der Waals surface area contributed by atoms with Gasteiger partial charge in [-0.25, -0.2) is 0 Å². The molecule has 6 rings (SSSR count). The summed E-state index contributed by atoms with van der Waals surface area (Å²) < 4.78 is 13.6. The Morgan fingerprint density at radius 2 is 1.56 bits per heavy atom. The number of rotatable bonds is 8. The predicted octanol–water partition coefficient (Wildman–Crippen LogP) is 4.78. The number of piperazine rings is 1. The first-order valence-corrected chi connectivity index (χ1v) is 15.1. The van der Waals surface area contributed by atoms with Gasteiger partial charge in [-0.3, -0.25) is 19.2 Å². The molecule has 4 heterocycles. The number of hydrogen-bond acceptors (Lipinski definition) is 6. The molecular weight excluding hydrogens is 542 g/mol. The number of amides is 2. The minimum Gasteiger partial charge on any atom is -0.490 e. The third-order valence-corrected chi connectivity index (χ3v) is 8.36. The number of nitrogens with zero attached hydrogens (tertiary/aromatic N) is 5. The number of aryl methyl sites for hydroxylation is 2. The molecule has 9 nitrogen and oxygen atoms in total. The van der Waals surface area contributed by atoms with E-state index in [1.54, 1.807) is 12.1 Å². The summed E-state index contributed by atoms with van der Waals surface area (Å²) in [7, 11) is 0. The molecule has 2 amide bonds. The highest BCUT2D eigenvalue weighted by molar-refractivity contribution is 5.94. The molecule has 2 aromatic heterocycles. The Hall–Kier alpha value is -4.37. The molecule has 0 bridgehead atoms. The zero-order chi connectivity index (χ0) is 29.8. The fourth-order valence-corrected chi connectivity index (χ4v) is 5.95. The Bertz CT molecular complexity index is 1530. The summed E-state index contributed by atoms with van der Waals surface area (Å²) in [6.07, 6.45) is 3.22. The Morgan fingerprint density at radius 3 is 2.23 bits per heavy atom. The van der Waals surface area contributed by atoms with E-state index < -0.39 is 0 Å². The molecule has 224 valence electrons. The summed E-state index contributed by atoms with van der Waals surface area (Å²) in [5.41, 5.74) is 5.17. The molecule has 2 aliphatic rings. The summed E-state index contributed by atoms with van der Waals surface area (Å²) in [5.74, 6) is 1.29. The van der Waals surface area contributed by atoms with E-state index in [1.165, 1.54) is 11.8 Å². The van der Waals surface area contributed by atoms with Crippen molar-refractivity contribution in [1.29, 1.82) is 0 Å². The first-order chi connectivity index (χ1) is 20.9. The van der Waals surface area contributed by atoms with Gasteiger partial charge < -0.3 is 19.0 Å². The number of piperidine rings is 1. The van der Waals surface area contributed by atoms with Gasteiger partial charge in [-0.15, -0.1) is 0 Å². The second-order valence-electron chi connectivity index (χ2n) is 11.6. The minimum atomic E-state index is -0.0442. The van der Waals surface area contributed by atoms with E-state index in [0.717, 1.165) is 60.7 Å². The number of furan rings is 1. The fraction of sp³-hybridized carbons (Fsp3) is 0.382. The van der Waals surface area contributed by atoms with E-state index in [-0.39, 0.29) is 17.9 Å². The van der Waals surface area contributed by atoms with Crippen molar-refractivity contribution in [2.45, 2.75) is 45.9 Å². The molecule has 2 aromatic carbocycles. The minimum absolute atomic E-state index is 0.0442. The smallest absolute Gasteiger partial charge is 0.289 e. The highest BCUT2D eigenvalue weighted by Crippen LogP contribution is 2.23. The van der Waals surface area contributed by atoms with Crippen molar-refractivity contribution < 1.29 is 18.7 Å². The van der Waals surface area contributed by atoms with Gasteiger partial charge in [0.1, 0.15) is 11.9 Å². The van der Waals surface area contributed by atoms with Crippen molar-refractivity contribution in [1.82, 2.24) is 24.5 Å². The van der Waals surface area contributed by atoms with Crippen LogP contribution in [0.5, 0.6) is 5.75 Å². The molecule has 0 atom stereocenters. The molecule has 0 N–H and O–H groups in total. The van der Waals surface area contributed by atoms with Crippen LogP contribution < -0.4 is 4.74 Å². The molecule has 9 heteroatoms. The van der Waals surface area contributed by atoms with Crippen LogP contribution in [0.4, 0.5) is 0 Å². The van der Waals surface area contributed by atoms with E-state index in [0.29, 0.717) is 38.5 Å². The quantitative estimate of drug-likeness (QED) is 0.298. The average Bonchev–Trinajstić information content (AvgIpc) is 3.67. The lowest BCUT2D eigenvalue weighted by Crippen LogP contribution is -2.48. The first-order valence-electron chi connectivity index (χ1n) is 15.1. The van der Waals surface area contributed by atoms with Crippen LogP contribution in [-0.4, -0.2) is 81.7 Å². The normalized spacial score (nSPS) is 16.4. The standard InChI is InChI=1S/C34H39N5O4/c1-25-21-26(2)39(35-25)24-27-8-10-29(11-9-27)33(40)37-14-12-30(13-15-37)43-31-6-3-5-28(22-31)23-36-16-18-38(19-17-36)34(41)32-7-4-20-42-32/h3-11,20-22,30H,12-19,23-24H2,1-2H3. The number of benzene rings is 2. The van der Waals surface area contributed by atoms with Gasteiger partial charge in [0.25, 0.3) is 11.8 Å². The number of ether oxygens (including phenoxy) is 1. The lowest BCUT2D eigenvalue weighted by atomic mass is 10.1. The van der Waals surface area contributed by atoms with E-state index in [1.807, 2.05) is 57.8 Å². The van der Waals surface area contributed by atoms with E-state index in [9.17, 15) is 9.59 Å². The Morgan fingerprint density at radius 1 is 0.814 bits per heavy atom. The second kappa shape index (κ2) is 12.9. The first kappa shape index (κ1) is 28.7. The van der Waals surface area contributed by atoms with E-state index in [4.69, 9.17) is 9.15 Å². The topological polar surface area (TPSA) is 84.0 Å². The van der Waals surface area contributed by atoms with Crippen molar-refractivity contribution in [2.75, 3.05) is 39.3 Å². The summed E-state index contributed by atoms with van der Waals surface area (Å²) in [5, 5.41) is 4.53. The van der Waals surface area contributed by atoms with Crippen LogP contribution in [0.15, 0.2) is 77.4 Å². The monoisotopic (exact) mass is 581 g/mol. The molecule has 0 saturated carbocycles. The lowest BCUT2D eigenvalue weighted by Gasteiger charge is -2.34. The Labute approximate surface area is 252 Å². The van der Waals surface area contributed by atoms with Gasteiger partial charge in [0.15, 0.2) is 5.76 Å². The number of hydrogen-bond donors (Lipinski definition) is 0. The van der Waals surface area contributed by atoms with Crippen LogP contribution in [0.3, 0.4) is 0 Å². The maximum absolute atomic E-state index is 13.2. The van der Waals surface area contributed by atoms with Crippen molar-refractivity contribution in [3.05, 3.63) is 107 Å². The van der Waals surface area contributed by atoms with Crippen LogP contribution in [0.25, 0.3) is 0 Å². The third kappa shape index (κ3) is 7.00. The largest absolute Gasteiger partial charge is 0.490 e. The van der Waals surface area contributed by atoms with Crippen LogP contribution in [0.2, 0.25) is 0 Å². The van der Waals surface area contributed by atoms with Crippen LogP contribution >= 0.6 is 0 Å². The number of aromatic nitrogens is 2. The van der Waals surface area contributed by atoms with Gasteiger partial charge in [-0.1, -0.05) is 24.3 Å². The second-order valence-corrected chi connectivity index (χ2v) is 11.6. The van der Waals surface area contributed by atoms with Gasteiger partial charge in [0, 0.05) is 69.9 Å². The zero-order valence-electron chi connectivity index (χ0n) is 24.9. The van der Waals surface area contributed by atoms with Crippen molar-refractivity contribution in [2.24, 2.45) is 0 Å². The number of carbonyl (C=O) groups is 2. The lowest BCUT2D eigenvalue weighted by molar-refractivity contribution is 0.0594. The summed E-state index contributed by atoms with van der Waals surface area (Å²) >= 11 is 0. The van der Waals surface area contributed by atoms with Gasteiger partial charge in [0.2, 0.25) is 0 Å². The van der Waals surface area contributed by atoms with Crippen molar-refractivity contribution >= 4 is 11.8 Å². The van der Waals surface area contributed by atoms with Gasteiger partial charge in [0.05, 0.1) is 18.5 Å². The zero-order valence-corrected chi connectivity index (χ0v) is 24.9. The maximum atomic E-state index is 13.2. The molecule has 2 aliphatic heterocycles. The fourth-order valence-electron chi connectivity index (χ4n) is 5.95. The van der Waals surface area contributed by atoms with Crippen LogP contribution in [-0.2, 0) is 13.1 Å². The third-order valence-electron chi connectivity index (χ3n) is 8.36. The molecule has 0 unspecified atom stereocenters. The molecule has 4 aromatic rings. The van der Waals surface area contributed by atoms with E-state index in [2.05, 4.69) is 35.1 Å². The highest BCUT2D eigenvalue weighted by Gasteiger charge is 2.26. The molecule has 2 fully saturated rings. The molecule has 0 radical (unpaired) electrons. The SMILES string of the molecule is Cc1cc(C)n(Cc2ccc(C(=O)N3CCC(Oc4cccc(CN5CCN(C(=O)c6ccco6)CC5)c4)CC3)cc2)n1. The highest BCUT2D eigenvalue weighted by atomic mass is 16.5. The summed E-state index contributed by atoms with van der Waals surface area (Å²) in [6.45, 7) is 9.92. The average molecular weight is 582 g/mol. The van der Waals surface area contributed by atoms with Crippen molar-refractivity contribution in [3.63, 3.8) is 0 Å². The Kier molecular flexibility index (Phi) is 8.60. The Balaban J connectivity index is 0.955. The molecular formula is C34H39N5O4.